The average molecular weight is 550 g/mol. The second kappa shape index (κ2) is 8.96. The highest BCUT2D eigenvalue weighted by molar-refractivity contribution is 14.1. The maximum atomic E-state index is 12.2. The third-order valence-electron chi connectivity index (χ3n) is 3.39. The van der Waals surface area contributed by atoms with E-state index in [2.05, 4.69) is 49.0 Å². The van der Waals surface area contributed by atoms with Gasteiger partial charge >= 0.3 is 0 Å². The molecule has 1 N–H and O–H groups in total. The van der Waals surface area contributed by atoms with E-state index in [9.17, 15) is 13.2 Å². The lowest BCUT2D eigenvalue weighted by Gasteiger charge is -2.21. The molecule has 0 heterocycles. The van der Waals surface area contributed by atoms with Gasteiger partial charge in [0.15, 0.2) is 0 Å². The molecule has 9 heteroatoms. The lowest BCUT2D eigenvalue weighted by molar-refractivity contribution is -0.119. The zero-order valence-electron chi connectivity index (χ0n) is 14.1. The van der Waals surface area contributed by atoms with Crippen molar-refractivity contribution in [1.82, 2.24) is 5.43 Å². The van der Waals surface area contributed by atoms with Gasteiger partial charge in [-0.3, -0.25) is 9.10 Å². The van der Waals surface area contributed by atoms with Crippen LogP contribution in [0.5, 0.6) is 0 Å². The smallest absolute Gasteiger partial charge is 0.260 e. The predicted octanol–water partition coefficient (Wildman–Crippen LogP) is 3.36. The van der Waals surface area contributed by atoms with Crippen LogP contribution in [0.2, 0.25) is 0 Å². The third-order valence-corrected chi connectivity index (χ3v) is 5.75. The molecule has 0 aliphatic carbocycles. The molecule has 0 aliphatic heterocycles. The highest BCUT2D eigenvalue weighted by atomic mass is 127. The molecular formula is C17H17BrIN3O3S. The van der Waals surface area contributed by atoms with Gasteiger partial charge in [0, 0.05) is 8.04 Å². The van der Waals surface area contributed by atoms with Crippen molar-refractivity contribution in [3.63, 3.8) is 0 Å². The Labute approximate surface area is 175 Å². The van der Waals surface area contributed by atoms with Crippen molar-refractivity contribution in [3.05, 3.63) is 62.1 Å². The van der Waals surface area contributed by atoms with Gasteiger partial charge in [0.1, 0.15) is 6.54 Å². The molecule has 0 spiro atoms. The Hall–Kier alpha value is -1.46. The molecular weight excluding hydrogens is 533 g/mol. The number of rotatable bonds is 6. The SMILES string of the molecule is C/C(=N/NC(=O)CN(c1ccc(I)cc1)S(C)(=O)=O)c1cccc(Br)c1. The molecule has 2 aromatic rings. The summed E-state index contributed by atoms with van der Waals surface area (Å²) in [5.74, 6) is -0.525. The highest BCUT2D eigenvalue weighted by Crippen LogP contribution is 2.19. The average Bonchev–Trinajstić information content (AvgIpc) is 2.57. The molecule has 0 saturated carbocycles. The van der Waals surface area contributed by atoms with Crippen LogP contribution in [0, 0.1) is 3.57 Å². The largest absolute Gasteiger partial charge is 0.271 e. The number of sulfonamides is 1. The molecule has 0 bridgehead atoms. The molecule has 0 radical (unpaired) electrons. The van der Waals surface area contributed by atoms with Gasteiger partial charge in [0.05, 0.1) is 17.7 Å². The second-order valence-corrected chi connectivity index (χ2v) is 9.56. The molecule has 0 saturated heterocycles. The fraction of sp³-hybridized carbons (Fsp3) is 0.176. The van der Waals surface area contributed by atoms with Gasteiger partial charge in [-0.05, 0) is 71.5 Å². The highest BCUT2D eigenvalue weighted by Gasteiger charge is 2.20. The fourth-order valence-corrected chi connectivity index (χ4v) is 3.71. The van der Waals surface area contributed by atoms with E-state index in [1.54, 1.807) is 31.2 Å². The summed E-state index contributed by atoms with van der Waals surface area (Å²) < 4.78 is 27.0. The lowest BCUT2D eigenvalue weighted by Crippen LogP contribution is -2.39. The number of hydrogen-bond acceptors (Lipinski definition) is 4. The molecule has 0 aromatic heterocycles. The minimum Gasteiger partial charge on any atom is -0.271 e. The van der Waals surface area contributed by atoms with Crippen molar-refractivity contribution >= 4 is 65.9 Å². The normalized spacial score (nSPS) is 11.9. The summed E-state index contributed by atoms with van der Waals surface area (Å²) in [6.07, 6.45) is 1.06. The van der Waals surface area contributed by atoms with E-state index in [1.165, 1.54) is 0 Å². The zero-order valence-corrected chi connectivity index (χ0v) is 18.7. The molecule has 0 aliphatic rings. The zero-order chi connectivity index (χ0) is 19.3. The van der Waals surface area contributed by atoms with Gasteiger partial charge < -0.3 is 0 Å². The van der Waals surface area contributed by atoms with Gasteiger partial charge in [-0.1, -0.05) is 28.1 Å². The Morgan fingerprint density at radius 2 is 1.88 bits per heavy atom. The first kappa shape index (κ1) is 20.8. The maximum Gasteiger partial charge on any atom is 0.260 e. The van der Waals surface area contributed by atoms with Crippen LogP contribution in [0.15, 0.2) is 58.1 Å². The molecule has 26 heavy (non-hydrogen) atoms. The van der Waals surface area contributed by atoms with E-state index in [1.807, 2.05) is 24.3 Å². The standard InChI is InChI=1S/C17H17BrIN3O3S/c1-12(13-4-3-5-14(18)10-13)20-21-17(23)11-22(26(2,24)25)16-8-6-15(19)7-9-16/h3-10H,11H2,1-2H3,(H,21,23)/b20-12-. The first-order valence-electron chi connectivity index (χ1n) is 7.49. The number of carbonyl (C=O) groups is 1. The van der Waals surface area contributed by atoms with Crippen molar-refractivity contribution < 1.29 is 13.2 Å². The number of nitrogens with one attached hydrogen (secondary N) is 1. The van der Waals surface area contributed by atoms with E-state index in [0.29, 0.717) is 11.4 Å². The van der Waals surface area contributed by atoms with Gasteiger partial charge in [-0.15, -0.1) is 0 Å². The minimum atomic E-state index is -3.61. The Morgan fingerprint density at radius 3 is 2.46 bits per heavy atom. The van der Waals surface area contributed by atoms with Crippen molar-refractivity contribution in [2.45, 2.75) is 6.92 Å². The van der Waals surface area contributed by atoms with Crippen molar-refractivity contribution in [2.24, 2.45) is 5.10 Å². The summed E-state index contributed by atoms with van der Waals surface area (Å²) in [6, 6.07) is 14.4. The Bertz CT molecular complexity index is 931. The molecule has 6 nitrogen and oxygen atoms in total. The summed E-state index contributed by atoms with van der Waals surface area (Å²) in [7, 11) is -3.61. The molecule has 0 fully saturated rings. The number of hydrogen-bond donors (Lipinski definition) is 1. The van der Waals surface area contributed by atoms with E-state index >= 15 is 0 Å². The monoisotopic (exact) mass is 549 g/mol. The van der Waals surface area contributed by atoms with Crippen molar-refractivity contribution in [3.8, 4) is 0 Å². The van der Waals surface area contributed by atoms with Crippen LogP contribution in [-0.4, -0.2) is 32.8 Å². The van der Waals surface area contributed by atoms with Gasteiger partial charge in [0.25, 0.3) is 5.91 Å². The number of amides is 1. The Balaban J connectivity index is 2.12. The minimum absolute atomic E-state index is 0.352. The van der Waals surface area contributed by atoms with E-state index in [4.69, 9.17) is 0 Å². The second-order valence-electron chi connectivity index (χ2n) is 5.49. The van der Waals surface area contributed by atoms with Crippen LogP contribution in [-0.2, 0) is 14.8 Å². The van der Waals surface area contributed by atoms with Gasteiger partial charge in [-0.25, -0.2) is 13.8 Å². The number of nitrogens with zero attached hydrogens (tertiary/aromatic N) is 2. The molecule has 1 amide bonds. The summed E-state index contributed by atoms with van der Waals surface area (Å²) in [4.78, 5) is 12.2. The van der Waals surface area contributed by atoms with Gasteiger partial charge in [-0.2, -0.15) is 5.10 Å². The van der Waals surface area contributed by atoms with Crippen LogP contribution in [0.4, 0.5) is 5.69 Å². The summed E-state index contributed by atoms with van der Waals surface area (Å²) in [5, 5.41) is 4.05. The first-order valence-corrected chi connectivity index (χ1v) is 11.2. The number of hydrazone groups is 1. The van der Waals surface area contributed by atoms with Crippen molar-refractivity contribution in [2.75, 3.05) is 17.1 Å². The van der Waals surface area contributed by atoms with Crippen LogP contribution in [0.3, 0.4) is 0 Å². The fourth-order valence-electron chi connectivity index (χ4n) is 2.10. The van der Waals surface area contributed by atoms with Crippen LogP contribution < -0.4 is 9.73 Å². The van der Waals surface area contributed by atoms with E-state index in [0.717, 1.165) is 24.2 Å². The van der Waals surface area contributed by atoms with Crippen LogP contribution in [0.1, 0.15) is 12.5 Å². The lowest BCUT2D eigenvalue weighted by atomic mass is 10.1. The Morgan fingerprint density at radius 1 is 1.23 bits per heavy atom. The van der Waals surface area contributed by atoms with Crippen molar-refractivity contribution in [1.29, 1.82) is 0 Å². The van der Waals surface area contributed by atoms with Gasteiger partial charge in [0.2, 0.25) is 10.0 Å². The summed E-state index contributed by atoms with van der Waals surface area (Å²) in [5.41, 5.74) is 4.29. The number of benzene rings is 2. The topological polar surface area (TPSA) is 78.8 Å². The number of carbonyl (C=O) groups excluding carboxylic acids is 1. The van der Waals surface area contributed by atoms with E-state index < -0.39 is 15.9 Å². The number of halogens is 2. The molecule has 0 unspecified atom stereocenters. The molecule has 2 aromatic carbocycles. The maximum absolute atomic E-state index is 12.2. The van der Waals surface area contributed by atoms with Crippen LogP contribution >= 0.6 is 38.5 Å². The first-order chi connectivity index (χ1) is 12.2. The Kier molecular flexibility index (Phi) is 7.18. The summed E-state index contributed by atoms with van der Waals surface area (Å²) >= 11 is 5.51. The third kappa shape index (κ3) is 6.06. The molecule has 0 atom stereocenters. The molecule has 2 rings (SSSR count). The molecule has 138 valence electrons. The van der Waals surface area contributed by atoms with Crippen LogP contribution in [0.25, 0.3) is 0 Å². The number of anilines is 1. The predicted molar refractivity (Wildman–Crippen MR) is 116 cm³/mol. The quantitative estimate of drug-likeness (QED) is 0.341. The summed E-state index contributed by atoms with van der Waals surface area (Å²) in [6.45, 7) is 1.41. The van der Waals surface area contributed by atoms with E-state index in [-0.39, 0.29) is 6.54 Å².